The molecule has 0 saturated carbocycles. The van der Waals surface area contributed by atoms with E-state index < -0.39 is 12.1 Å². The van der Waals surface area contributed by atoms with Crippen molar-refractivity contribution >= 4 is 5.91 Å². The van der Waals surface area contributed by atoms with Crippen molar-refractivity contribution in [3.8, 4) is 12.3 Å². The van der Waals surface area contributed by atoms with Crippen LogP contribution in [-0.4, -0.2) is 54.1 Å². The van der Waals surface area contributed by atoms with E-state index in [1.165, 1.54) is 0 Å². The monoisotopic (exact) mass is 248 g/mol. The minimum absolute atomic E-state index is 0.0738. The van der Waals surface area contributed by atoms with Crippen molar-refractivity contribution in [3.05, 3.63) is 0 Å². The molecule has 0 N–H and O–H groups in total. The van der Waals surface area contributed by atoms with Crippen LogP contribution in [0.2, 0.25) is 0 Å². The summed E-state index contributed by atoms with van der Waals surface area (Å²) in [5.74, 6) is 0.780. The predicted molar refractivity (Wildman–Crippen MR) is 57.1 cm³/mol. The van der Waals surface area contributed by atoms with E-state index in [1.807, 2.05) is 11.8 Å². The highest BCUT2D eigenvalue weighted by Crippen LogP contribution is 2.19. The summed E-state index contributed by atoms with van der Waals surface area (Å²) in [6.45, 7) is 3.03. The fourth-order valence-electron chi connectivity index (χ4n) is 1.81. The van der Waals surface area contributed by atoms with E-state index >= 15 is 0 Å². The third-order valence-corrected chi connectivity index (χ3v) is 2.85. The molecule has 0 radical (unpaired) electrons. The van der Waals surface area contributed by atoms with E-state index in [1.54, 1.807) is 0 Å². The van der Waals surface area contributed by atoms with Crippen molar-refractivity contribution in [2.75, 3.05) is 26.2 Å². The number of carbonyl (C=O) groups excluding carboxylic acids is 1. The number of halogens is 3. The molecule has 1 heterocycles. The lowest BCUT2D eigenvalue weighted by molar-refractivity contribution is -0.185. The van der Waals surface area contributed by atoms with Crippen molar-refractivity contribution in [2.45, 2.75) is 25.6 Å². The van der Waals surface area contributed by atoms with Gasteiger partial charge in [-0.15, -0.1) is 6.42 Å². The molecular formula is C11H15F3N2O. The molecule has 1 unspecified atom stereocenters. The van der Waals surface area contributed by atoms with E-state index in [0.717, 1.165) is 4.90 Å². The second kappa shape index (κ2) is 5.41. The number of amides is 1. The van der Waals surface area contributed by atoms with Gasteiger partial charge in [-0.05, 0) is 13.3 Å². The smallest absolute Gasteiger partial charge is 0.334 e. The number of nitrogens with zero attached hydrogens (tertiary/aromatic N) is 2. The molecule has 1 atom stereocenters. The second-order valence-electron chi connectivity index (χ2n) is 4.02. The lowest BCUT2D eigenvalue weighted by Crippen LogP contribution is -2.43. The van der Waals surface area contributed by atoms with E-state index in [4.69, 9.17) is 6.42 Å². The molecule has 1 saturated heterocycles. The number of hydrogen-bond donors (Lipinski definition) is 0. The summed E-state index contributed by atoms with van der Waals surface area (Å²) in [7, 11) is 0. The molecule has 1 amide bonds. The average Bonchev–Trinajstić information content (AvgIpc) is 2.51. The van der Waals surface area contributed by atoms with Crippen molar-refractivity contribution < 1.29 is 18.0 Å². The predicted octanol–water partition coefficient (Wildman–Crippen LogP) is 1.10. The zero-order valence-electron chi connectivity index (χ0n) is 9.63. The van der Waals surface area contributed by atoms with Gasteiger partial charge in [0.25, 0.3) is 0 Å². The Morgan fingerprint density at radius 3 is 2.47 bits per heavy atom. The molecule has 1 aliphatic rings. The molecule has 0 bridgehead atoms. The van der Waals surface area contributed by atoms with Crippen LogP contribution in [0.1, 0.15) is 13.3 Å². The number of rotatable bonds is 1. The quantitative estimate of drug-likeness (QED) is 0.649. The van der Waals surface area contributed by atoms with Crippen LogP contribution in [0.3, 0.4) is 0 Å². The van der Waals surface area contributed by atoms with Gasteiger partial charge in [-0.25, -0.2) is 0 Å². The number of alkyl halides is 3. The van der Waals surface area contributed by atoms with Crippen LogP contribution in [0.15, 0.2) is 0 Å². The maximum atomic E-state index is 12.3. The molecule has 1 fully saturated rings. The number of hydrogen-bond acceptors (Lipinski definition) is 2. The first-order chi connectivity index (χ1) is 7.86. The van der Waals surface area contributed by atoms with Crippen molar-refractivity contribution in [1.82, 2.24) is 9.80 Å². The summed E-state index contributed by atoms with van der Waals surface area (Å²) in [5.41, 5.74) is 0. The van der Waals surface area contributed by atoms with Crippen LogP contribution in [0.4, 0.5) is 13.2 Å². The van der Waals surface area contributed by atoms with E-state index in [2.05, 4.69) is 5.92 Å². The van der Waals surface area contributed by atoms with Crippen LogP contribution in [0, 0.1) is 12.3 Å². The van der Waals surface area contributed by atoms with Crippen molar-refractivity contribution in [2.24, 2.45) is 0 Å². The molecule has 0 aromatic rings. The lowest BCUT2D eigenvalue weighted by atomic mass is 10.3. The van der Waals surface area contributed by atoms with Crippen molar-refractivity contribution in [1.29, 1.82) is 0 Å². The van der Waals surface area contributed by atoms with E-state index in [-0.39, 0.29) is 19.1 Å². The molecule has 17 heavy (non-hydrogen) atoms. The van der Waals surface area contributed by atoms with Crippen LogP contribution in [-0.2, 0) is 4.79 Å². The molecule has 1 rings (SSSR count). The SMILES string of the molecule is C#CC(C)N1CCCN(C(=O)C(F)(F)F)CC1. The van der Waals surface area contributed by atoms with Gasteiger partial charge in [0.2, 0.25) is 0 Å². The van der Waals surface area contributed by atoms with Crippen LogP contribution in [0.25, 0.3) is 0 Å². The Morgan fingerprint density at radius 1 is 1.29 bits per heavy atom. The summed E-state index contributed by atoms with van der Waals surface area (Å²) in [4.78, 5) is 13.8. The first kappa shape index (κ1) is 13.8. The highest BCUT2D eigenvalue weighted by Gasteiger charge is 2.42. The molecule has 3 nitrogen and oxygen atoms in total. The molecule has 0 aliphatic carbocycles. The molecule has 0 aromatic heterocycles. The van der Waals surface area contributed by atoms with Gasteiger partial charge in [0.15, 0.2) is 0 Å². The maximum absolute atomic E-state index is 12.3. The maximum Gasteiger partial charge on any atom is 0.471 e. The van der Waals surface area contributed by atoms with Gasteiger partial charge in [-0.2, -0.15) is 13.2 Å². The highest BCUT2D eigenvalue weighted by atomic mass is 19.4. The minimum atomic E-state index is -4.78. The molecule has 0 spiro atoms. The second-order valence-corrected chi connectivity index (χ2v) is 4.02. The Morgan fingerprint density at radius 2 is 1.94 bits per heavy atom. The first-order valence-corrected chi connectivity index (χ1v) is 5.42. The van der Waals surface area contributed by atoms with Gasteiger partial charge >= 0.3 is 12.1 Å². The van der Waals surface area contributed by atoms with Gasteiger partial charge < -0.3 is 4.90 Å². The van der Waals surface area contributed by atoms with E-state index in [9.17, 15) is 18.0 Å². The zero-order valence-corrected chi connectivity index (χ0v) is 9.63. The Labute approximate surface area is 98.6 Å². The Kier molecular flexibility index (Phi) is 4.40. The Bertz CT molecular complexity index is 322. The average molecular weight is 248 g/mol. The Balaban J connectivity index is 2.60. The van der Waals surface area contributed by atoms with Crippen LogP contribution < -0.4 is 0 Å². The van der Waals surface area contributed by atoms with Crippen LogP contribution >= 0.6 is 0 Å². The molecular weight excluding hydrogens is 233 g/mol. The summed E-state index contributed by atoms with van der Waals surface area (Å²) < 4.78 is 36.8. The molecule has 1 aliphatic heterocycles. The van der Waals surface area contributed by atoms with Crippen LogP contribution in [0.5, 0.6) is 0 Å². The van der Waals surface area contributed by atoms with Gasteiger partial charge in [0, 0.05) is 26.2 Å². The molecule has 6 heteroatoms. The summed E-state index contributed by atoms with van der Waals surface area (Å²) >= 11 is 0. The standard InChI is InChI=1S/C11H15F3N2O/c1-3-9(2)15-5-4-6-16(8-7-15)10(17)11(12,13)14/h1,9H,4-8H2,2H3. The van der Waals surface area contributed by atoms with E-state index in [0.29, 0.717) is 19.5 Å². The van der Waals surface area contributed by atoms with Gasteiger partial charge in [-0.1, -0.05) is 5.92 Å². The minimum Gasteiger partial charge on any atom is -0.334 e. The Hall–Kier alpha value is -1.22. The summed E-state index contributed by atoms with van der Waals surface area (Å²) in [5, 5.41) is 0. The zero-order chi connectivity index (χ0) is 13.1. The summed E-state index contributed by atoms with van der Waals surface area (Å²) in [6.07, 6.45) is 0.988. The van der Waals surface area contributed by atoms with Crippen molar-refractivity contribution in [3.63, 3.8) is 0 Å². The number of terminal acetylenes is 1. The third-order valence-electron chi connectivity index (χ3n) is 2.85. The largest absolute Gasteiger partial charge is 0.471 e. The van der Waals surface area contributed by atoms with Gasteiger partial charge in [-0.3, -0.25) is 9.69 Å². The first-order valence-electron chi connectivity index (χ1n) is 5.42. The van der Waals surface area contributed by atoms with Gasteiger partial charge in [0.05, 0.1) is 6.04 Å². The fraction of sp³-hybridized carbons (Fsp3) is 0.727. The third kappa shape index (κ3) is 3.63. The fourth-order valence-corrected chi connectivity index (χ4v) is 1.81. The highest BCUT2D eigenvalue weighted by molar-refractivity contribution is 5.81. The molecule has 0 aromatic carbocycles. The topological polar surface area (TPSA) is 23.6 Å². The lowest BCUT2D eigenvalue weighted by Gasteiger charge is -2.24. The summed E-state index contributed by atoms with van der Waals surface area (Å²) in [6, 6.07) is -0.115. The molecule has 96 valence electrons. The number of carbonyl (C=O) groups is 1. The van der Waals surface area contributed by atoms with Gasteiger partial charge in [0.1, 0.15) is 0 Å². The normalized spacial score (nSPS) is 20.5.